The highest BCUT2D eigenvalue weighted by molar-refractivity contribution is 5.86. The van der Waals surface area contributed by atoms with Crippen LogP contribution in [0.3, 0.4) is 0 Å². The summed E-state index contributed by atoms with van der Waals surface area (Å²) in [4.78, 5) is 26.8. The SMILES string of the molecule is N[C@@H]1C=C[C@](CC(F)F)(C(=O)N2C[C@@H]3C[C@H]2CN3C(=O)O)C1. The van der Waals surface area contributed by atoms with Gasteiger partial charge in [0.25, 0.3) is 0 Å². The van der Waals surface area contributed by atoms with Gasteiger partial charge < -0.3 is 20.6 Å². The molecule has 0 radical (unpaired) electrons. The number of amides is 2. The van der Waals surface area contributed by atoms with E-state index in [2.05, 4.69) is 0 Å². The molecule has 0 unspecified atom stereocenters. The average molecular weight is 315 g/mol. The molecule has 0 aromatic carbocycles. The third-order valence-corrected chi connectivity index (χ3v) is 4.95. The lowest BCUT2D eigenvalue weighted by Crippen LogP contribution is -2.54. The van der Waals surface area contributed by atoms with Gasteiger partial charge >= 0.3 is 6.09 Å². The minimum Gasteiger partial charge on any atom is -0.465 e. The largest absolute Gasteiger partial charge is 0.465 e. The van der Waals surface area contributed by atoms with Crippen LogP contribution in [0.15, 0.2) is 12.2 Å². The van der Waals surface area contributed by atoms with E-state index in [1.165, 1.54) is 11.0 Å². The third-order valence-electron chi connectivity index (χ3n) is 4.95. The summed E-state index contributed by atoms with van der Waals surface area (Å²) in [5, 5.41) is 9.07. The van der Waals surface area contributed by atoms with E-state index in [4.69, 9.17) is 10.8 Å². The predicted octanol–water partition coefficient (Wildman–Crippen LogP) is 0.878. The second-order valence-corrected chi connectivity index (χ2v) is 6.41. The molecule has 2 heterocycles. The Morgan fingerprint density at radius 2 is 1.95 bits per heavy atom. The molecule has 3 N–H and O–H groups in total. The normalized spacial score (nSPS) is 36.6. The van der Waals surface area contributed by atoms with Crippen LogP contribution in [0.25, 0.3) is 0 Å². The molecule has 0 saturated carbocycles. The summed E-state index contributed by atoms with van der Waals surface area (Å²) < 4.78 is 25.9. The maximum Gasteiger partial charge on any atom is 0.407 e. The van der Waals surface area contributed by atoms with Gasteiger partial charge in [0.1, 0.15) is 0 Å². The molecule has 2 bridgehead atoms. The fourth-order valence-corrected chi connectivity index (χ4v) is 3.97. The lowest BCUT2D eigenvalue weighted by molar-refractivity contribution is -0.144. The number of rotatable bonds is 3. The Balaban J connectivity index is 1.77. The fraction of sp³-hybridized carbons (Fsp3) is 0.714. The van der Waals surface area contributed by atoms with Crippen LogP contribution < -0.4 is 5.73 Å². The van der Waals surface area contributed by atoms with Crippen molar-refractivity contribution in [2.24, 2.45) is 11.1 Å². The van der Waals surface area contributed by atoms with Crippen molar-refractivity contribution in [1.29, 1.82) is 0 Å². The number of carbonyl (C=O) groups excluding carboxylic acids is 1. The van der Waals surface area contributed by atoms with Crippen molar-refractivity contribution in [3.63, 3.8) is 0 Å². The molecule has 22 heavy (non-hydrogen) atoms. The van der Waals surface area contributed by atoms with Crippen molar-refractivity contribution < 1.29 is 23.5 Å². The molecule has 3 aliphatic rings. The highest BCUT2D eigenvalue weighted by Crippen LogP contribution is 2.42. The Morgan fingerprint density at radius 3 is 2.41 bits per heavy atom. The Hall–Kier alpha value is -1.70. The molecule has 2 saturated heterocycles. The predicted molar refractivity (Wildman–Crippen MR) is 73.4 cm³/mol. The number of nitrogens with two attached hydrogens (primary N) is 1. The van der Waals surface area contributed by atoms with E-state index in [0.29, 0.717) is 6.42 Å². The van der Waals surface area contributed by atoms with Crippen LogP contribution in [-0.2, 0) is 4.79 Å². The summed E-state index contributed by atoms with van der Waals surface area (Å²) in [5.74, 6) is -0.338. The zero-order chi connectivity index (χ0) is 16.1. The molecular weight excluding hydrogens is 296 g/mol. The number of piperazine rings is 1. The second kappa shape index (κ2) is 5.19. The van der Waals surface area contributed by atoms with Crippen LogP contribution in [-0.4, -0.2) is 64.5 Å². The highest BCUT2D eigenvalue weighted by Gasteiger charge is 2.52. The molecule has 8 heteroatoms. The van der Waals surface area contributed by atoms with Gasteiger partial charge in [0.05, 0.1) is 17.5 Å². The van der Waals surface area contributed by atoms with Gasteiger partial charge in [0, 0.05) is 25.6 Å². The van der Waals surface area contributed by atoms with Gasteiger partial charge in [-0.05, 0) is 12.8 Å². The van der Waals surface area contributed by atoms with Crippen LogP contribution in [0.5, 0.6) is 0 Å². The molecule has 0 spiro atoms. The maximum absolute atomic E-state index is 12.9. The summed E-state index contributed by atoms with van der Waals surface area (Å²) in [6.45, 7) is 0.538. The number of alkyl halides is 2. The second-order valence-electron chi connectivity index (χ2n) is 6.41. The van der Waals surface area contributed by atoms with Gasteiger partial charge in [-0.3, -0.25) is 4.79 Å². The smallest absolute Gasteiger partial charge is 0.407 e. The van der Waals surface area contributed by atoms with E-state index in [-0.39, 0.29) is 37.5 Å². The molecule has 3 rings (SSSR count). The topological polar surface area (TPSA) is 86.9 Å². The van der Waals surface area contributed by atoms with E-state index in [1.54, 1.807) is 11.0 Å². The van der Waals surface area contributed by atoms with E-state index in [1.807, 2.05) is 0 Å². The molecule has 2 fully saturated rings. The molecule has 4 atom stereocenters. The number of carbonyl (C=O) groups is 2. The first-order valence-electron chi connectivity index (χ1n) is 7.36. The highest BCUT2D eigenvalue weighted by atomic mass is 19.3. The fourth-order valence-electron chi connectivity index (χ4n) is 3.97. The Kier molecular flexibility index (Phi) is 3.58. The number of halogens is 2. The number of fused-ring (bicyclic) bond motifs is 2. The van der Waals surface area contributed by atoms with Crippen molar-refractivity contribution >= 4 is 12.0 Å². The standard InChI is InChI=1S/C14H19F2N3O3/c15-11(16)5-14(2-1-8(17)4-14)12(20)18-6-10-3-9(18)7-19(10)13(21)22/h1-2,8-11H,3-7,17H2,(H,21,22)/t8-,9+,10+,14+/m1/s1. The van der Waals surface area contributed by atoms with Gasteiger partial charge in [-0.1, -0.05) is 12.2 Å². The molecule has 0 aromatic heterocycles. The third kappa shape index (κ3) is 2.35. The Bertz CT molecular complexity index is 527. The first kappa shape index (κ1) is 15.2. The summed E-state index contributed by atoms with van der Waals surface area (Å²) in [6, 6.07) is -0.833. The van der Waals surface area contributed by atoms with Gasteiger partial charge in [-0.2, -0.15) is 0 Å². The number of nitrogens with zero attached hydrogens (tertiary/aromatic N) is 2. The maximum atomic E-state index is 12.9. The molecule has 2 aliphatic heterocycles. The summed E-state index contributed by atoms with van der Waals surface area (Å²) in [7, 11) is 0. The van der Waals surface area contributed by atoms with E-state index in [0.717, 1.165) is 0 Å². The number of carboxylic acid groups (broad SMARTS) is 1. The first-order chi connectivity index (χ1) is 10.3. The van der Waals surface area contributed by atoms with E-state index >= 15 is 0 Å². The number of hydrogen-bond acceptors (Lipinski definition) is 3. The van der Waals surface area contributed by atoms with Gasteiger partial charge in [0.2, 0.25) is 12.3 Å². The van der Waals surface area contributed by atoms with Crippen molar-refractivity contribution in [2.75, 3.05) is 13.1 Å². The number of likely N-dealkylation sites (tertiary alicyclic amines) is 2. The van der Waals surface area contributed by atoms with Crippen LogP contribution in [0.4, 0.5) is 13.6 Å². The van der Waals surface area contributed by atoms with E-state index in [9.17, 15) is 18.4 Å². The minimum absolute atomic E-state index is 0.187. The van der Waals surface area contributed by atoms with Crippen molar-refractivity contribution in [2.45, 2.75) is 43.8 Å². The zero-order valence-electron chi connectivity index (χ0n) is 12.0. The monoisotopic (exact) mass is 315 g/mol. The van der Waals surface area contributed by atoms with Crippen LogP contribution >= 0.6 is 0 Å². The van der Waals surface area contributed by atoms with Gasteiger partial charge in [-0.15, -0.1) is 0 Å². The molecule has 0 aromatic rings. The average Bonchev–Trinajstić information content (AvgIpc) is 3.11. The Morgan fingerprint density at radius 1 is 1.32 bits per heavy atom. The molecule has 2 amide bonds. The van der Waals surface area contributed by atoms with Crippen LogP contribution in [0.1, 0.15) is 19.3 Å². The van der Waals surface area contributed by atoms with Crippen molar-refractivity contribution in [1.82, 2.24) is 9.80 Å². The lowest BCUT2D eigenvalue weighted by atomic mass is 9.81. The number of hydrogen-bond donors (Lipinski definition) is 2. The van der Waals surface area contributed by atoms with Crippen molar-refractivity contribution in [3.8, 4) is 0 Å². The zero-order valence-corrected chi connectivity index (χ0v) is 12.0. The minimum atomic E-state index is -2.59. The van der Waals surface area contributed by atoms with Gasteiger partial charge in [0.15, 0.2) is 0 Å². The molecule has 1 aliphatic carbocycles. The quantitative estimate of drug-likeness (QED) is 0.757. The summed E-state index contributed by atoms with van der Waals surface area (Å²) >= 11 is 0. The lowest BCUT2D eigenvalue weighted by Gasteiger charge is -2.38. The first-order valence-corrected chi connectivity index (χ1v) is 7.36. The summed E-state index contributed by atoms with van der Waals surface area (Å²) in [6.07, 6.45) is -0.220. The van der Waals surface area contributed by atoms with Crippen LogP contribution in [0.2, 0.25) is 0 Å². The van der Waals surface area contributed by atoms with Crippen molar-refractivity contribution in [3.05, 3.63) is 12.2 Å². The van der Waals surface area contributed by atoms with E-state index < -0.39 is 30.4 Å². The Labute approximate surface area is 126 Å². The van der Waals surface area contributed by atoms with Crippen LogP contribution in [0, 0.1) is 5.41 Å². The molecule has 6 nitrogen and oxygen atoms in total. The molecular formula is C14H19F2N3O3. The summed E-state index contributed by atoms with van der Waals surface area (Å²) in [5.41, 5.74) is 4.53. The van der Waals surface area contributed by atoms with Gasteiger partial charge in [-0.25, -0.2) is 13.6 Å². The molecule has 122 valence electrons.